The van der Waals surface area contributed by atoms with Crippen LogP contribution in [0.15, 0.2) is 42.5 Å². The van der Waals surface area contributed by atoms with Gasteiger partial charge < -0.3 is 9.64 Å². The minimum Gasteiger partial charge on any atom is -0.479 e. The van der Waals surface area contributed by atoms with Crippen molar-refractivity contribution in [1.82, 2.24) is 5.48 Å². The van der Waals surface area contributed by atoms with Crippen molar-refractivity contribution in [3.8, 4) is 5.75 Å². The van der Waals surface area contributed by atoms with E-state index in [-0.39, 0.29) is 23.8 Å². The van der Waals surface area contributed by atoms with Crippen molar-refractivity contribution in [3.63, 3.8) is 0 Å². The number of nitrogens with one attached hydrogen (secondary N) is 1. The number of hydroxylamine groups is 1. The number of benzene rings is 2. The highest BCUT2D eigenvalue weighted by atomic mass is 32.2. The molecular weight excluding hydrogens is 372 g/mol. The molecule has 0 fully saturated rings. The molecule has 2 aromatic rings. The van der Waals surface area contributed by atoms with Crippen LogP contribution in [-0.2, 0) is 27.8 Å². The SMILES string of the molecule is CC1Oc2ccc(C(=O)NO)cc2N(Cc2ccc(C[SH](=O)=O)cc2)C1=O. The van der Waals surface area contributed by atoms with Gasteiger partial charge in [-0.25, -0.2) is 13.9 Å². The largest absolute Gasteiger partial charge is 0.479 e. The second kappa shape index (κ2) is 7.77. The van der Waals surface area contributed by atoms with Crippen LogP contribution < -0.4 is 15.1 Å². The molecule has 27 heavy (non-hydrogen) atoms. The van der Waals surface area contributed by atoms with Crippen LogP contribution in [0, 0.1) is 0 Å². The van der Waals surface area contributed by atoms with E-state index >= 15 is 0 Å². The number of rotatable bonds is 5. The van der Waals surface area contributed by atoms with Crippen LogP contribution in [0.4, 0.5) is 5.69 Å². The highest BCUT2D eigenvalue weighted by Crippen LogP contribution is 2.36. The Hall–Kier alpha value is -2.91. The lowest BCUT2D eigenvalue weighted by atomic mass is 10.1. The van der Waals surface area contributed by atoms with E-state index in [1.807, 2.05) is 0 Å². The predicted molar refractivity (Wildman–Crippen MR) is 97.4 cm³/mol. The average Bonchev–Trinajstić information content (AvgIpc) is 2.65. The van der Waals surface area contributed by atoms with Crippen molar-refractivity contribution < 1.29 is 28.0 Å². The first-order chi connectivity index (χ1) is 12.9. The van der Waals surface area contributed by atoms with Gasteiger partial charge >= 0.3 is 0 Å². The monoisotopic (exact) mass is 390 g/mol. The van der Waals surface area contributed by atoms with Crippen LogP contribution in [0.3, 0.4) is 0 Å². The molecule has 2 N–H and O–H groups in total. The van der Waals surface area contributed by atoms with Crippen molar-refractivity contribution in [1.29, 1.82) is 0 Å². The van der Waals surface area contributed by atoms with Gasteiger partial charge in [-0.2, -0.15) is 0 Å². The number of ether oxygens (including phenoxy) is 1. The molecule has 1 aliphatic rings. The van der Waals surface area contributed by atoms with Gasteiger partial charge in [-0.3, -0.25) is 14.8 Å². The van der Waals surface area contributed by atoms with E-state index in [9.17, 15) is 18.0 Å². The van der Waals surface area contributed by atoms with Crippen LogP contribution in [0.25, 0.3) is 0 Å². The van der Waals surface area contributed by atoms with Gasteiger partial charge in [0, 0.05) is 5.56 Å². The molecule has 142 valence electrons. The molecule has 2 aromatic carbocycles. The van der Waals surface area contributed by atoms with Crippen molar-refractivity contribution in [2.45, 2.75) is 25.3 Å². The zero-order valence-electron chi connectivity index (χ0n) is 14.4. The molecule has 0 aliphatic carbocycles. The molecule has 1 heterocycles. The number of anilines is 1. The summed E-state index contributed by atoms with van der Waals surface area (Å²) in [6.45, 7) is 1.87. The molecular formula is C18H18N2O6S. The Morgan fingerprint density at radius 1 is 1.19 bits per heavy atom. The third-order valence-electron chi connectivity index (χ3n) is 4.21. The van der Waals surface area contributed by atoms with E-state index in [2.05, 4.69) is 0 Å². The fourth-order valence-corrected chi connectivity index (χ4v) is 3.37. The van der Waals surface area contributed by atoms with Gasteiger partial charge in [0.15, 0.2) is 6.10 Å². The Kier molecular flexibility index (Phi) is 5.43. The van der Waals surface area contributed by atoms with Gasteiger partial charge in [-0.15, -0.1) is 0 Å². The molecule has 2 amide bonds. The number of hydrogen-bond acceptors (Lipinski definition) is 6. The lowest BCUT2D eigenvalue weighted by Crippen LogP contribution is -2.44. The third kappa shape index (κ3) is 4.09. The van der Waals surface area contributed by atoms with Crippen molar-refractivity contribution in [3.05, 3.63) is 59.2 Å². The Bertz CT molecular complexity index is 947. The molecule has 0 saturated carbocycles. The fraction of sp³-hybridized carbons (Fsp3) is 0.222. The summed E-state index contributed by atoms with van der Waals surface area (Å²) >= 11 is 0. The zero-order chi connectivity index (χ0) is 19.6. The van der Waals surface area contributed by atoms with Crippen LogP contribution in [0.2, 0.25) is 0 Å². The maximum atomic E-state index is 12.6. The summed E-state index contributed by atoms with van der Waals surface area (Å²) in [4.78, 5) is 25.8. The van der Waals surface area contributed by atoms with E-state index in [0.717, 1.165) is 5.56 Å². The number of nitrogens with zero attached hydrogens (tertiary/aromatic N) is 1. The first-order valence-electron chi connectivity index (χ1n) is 8.15. The first kappa shape index (κ1) is 18.9. The quantitative estimate of drug-likeness (QED) is 0.402. The molecule has 1 aliphatic heterocycles. The molecule has 0 bridgehead atoms. The second-order valence-corrected chi connectivity index (χ2v) is 7.10. The highest BCUT2D eigenvalue weighted by Gasteiger charge is 2.32. The summed E-state index contributed by atoms with van der Waals surface area (Å²) in [6, 6.07) is 11.4. The lowest BCUT2D eigenvalue weighted by Gasteiger charge is -2.33. The normalized spacial score (nSPS) is 16.0. The molecule has 1 unspecified atom stereocenters. The third-order valence-corrected chi connectivity index (χ3v) is 4.83. The molecule has 9 heteroatoms. The van der Waals surface area contributed by atoms with Gasteiger partial charge in [-0.05, 0) is 36.2 Å². The lowest BCUT2D eigenvalue weighted by molar-refractivity contribution is -0.125. The Morgan fingerprint density at radius 2 is 1.85 bits per heavy atom. The maximum absolute atomic E-state index is 12.6. The minimum atomic E-state index is -2.50. The second-order valence-electron chi connectivity index (χ2n) is 6.12. The van der Waals surface area contributed by atoms with E-state index in [1.165, 1.54) is 17.0 Å². The number of carbonyl (C=O) groups excluding carboxylic acids is 2. The molecule has 1 atom stereocenters. The summed E-state index contributed by atoms with van der Waals surface area (Å²) < 4.78 is 27.2. The number of carbonyl (C=O) groups is 2. The van der Waals surface area contributed by atoms with Gasteiger partial charge in [0.25, 0.3) is 11.8 Å². The van der Waals surface area contributed by atoms with Crippen molar-refractivity contribution >= 4 is 28.2 Å². The summed E-state index contributed by atoms with van der Waals surface area (Å²) in [5.74, 6) is -0.543. The molecule has 0 radical (unpaired) electrons. The van der Waals surface area contributed by atoms with Gasteiger partial charge in [0.1, 0.15) is 16.5 Å². The van der Waals surface area contributed by atoms with E-state index in [4.69, 9.17) is 9.94 Å². The van der Waals surface area contributed by atoms with Crippen molar-refractivity contribution in [2.75, 3.05) is 4.90 Å². The molecule has 0 spiro atoms. The number of thiol groups is 1. The summed E-state index contributed by atoms with van der Waals surface area (Å²) in [5, 5.41) is 8.82. The van der Waals surface area contributed by atoms with Crippen LogP contribution in [-0.4, -0.2) is 31.5 Å². The van der Waals surface area contributed by atoms with Crippen LogP contribution in [0.1, 0.15) is 28.4 Å². The fourth-order valence-electron chi connectivity index (χ4n) is 2.86. The number of fused-ring (bicyclic) bond motifs is 1. The van der Waals surface area contributed by atoms with E-state index < -0.39 is 22.7 Å². The predicted octanol–water partition coefficient (Wildman–Crippen LogP) is 1.23. The standard InChI is InChI=1S/C18H18N2O6S/c1-11-18(22)20(9-12-2-4-13(5-3-12)10-27(24)25)15-8-14(17(21)19-23)6-7-16(15)26-11/h2-8,11,23,27H,9-10H2,1H3,(H,19,21). The number of amides is 2. The Morgan fingerprint density at radius 3 is 2.48 bits per heavy atom. The Balaban J connectivity index is 1.92. The minimum absolute atomic E-state index is 0.0361. The Labute approximate surface area is 157 Å². The summed E-state index contributed by atoms with van der Waals surface area (Å²) in [5.41, 5.74) is 3.63. The first-order valence-corrected chi connectivity index (χ1v) is 9.51. The highest BCUT2D eigenvalue weighted by molar-refractivity contribution is 7.71. The van der Waals surface area contributed by atoms with E-state index in [1.54, 1.807) is 42.7 Å². The van der Waals surface area contributed by atoms with Gasteiger partial charge in [0.2, 0.25) is 0 Å². The molecule has 3 rings (SSSR count). The summed E-state index contributed by atoms with van der Waals surface area (Å²) in [6.07, 6.45) is -0.682. The zero-order valence-corrected chi connectivity index (χ0v) is 15.3. The van der Waals surface area contributed by atoms with Crippen LogP contribution >= 0.6 is 0 Å². The molecule has 0 saturated heterocycles. The number of hydrogen-bond donors (Lipinski definition) is 3. The smallest absolute Gasteiger partial charge is 0.274 e. The van der Waals surface area contributed by atoms with E-state index in [0.29, 0.717) is 17.0 Å². The topological polar surface area (TPSA) is 113 Å². The molecule has 8 nitrogen and oxygen atoms in total. The van der Waals surface area contributed by atoms with Crippen LogP contribution in [0.5, 0.6) is 5.75 Å². The van der Waals surface area contributed by atoms with Crippen molar-refractivity contribution in [2.24, 2.45) is 0 Å². The summed E-state index contributed by atoms with van der Waals surface area (Å²) in [7, 11) is -2.50. The average molecular weight is 390 g/mol. The van der Waals surface area contributed by atoms with Gasteiger partial charge in [0.05, 0.1) is 18.0 Å². The maximum Gasteiger partial charge on any atom is 0.274 e. The molecule has 0 aromatic heterocycles. The van der Waals surface area contributed by atoms with Gasteiger partial charge in [-0.1, -0.05) is 24.3 Å².